The van der Waals surface area contributed by atoms with Gasteiger partial charge in [-0.2, -0.15) is 0 Å². The molecule has 2 rings (SSSR count). The van der Waals surface area contributed by atoms with Crippen LogP contribution in [0.5, 0.6) is 0 Å². The van der Waals surface area contributed by atoms with Gasteiger partial charge in [-0.05, 0) is 73.6 Å². The van der Waals surface area contributed by atoms with Gasteiger partial charge >= 0.3 is 0 Å². The first-order chi connectivity index (χ1) is 9.87. The molecule has 0 bridgehead atoms. The summed E-state index contributed by atoms with van der Waals surface area (Å²) < 4.78 is 0. The topological polar surface area (TPSA) is 24.9 Å². The predicted molar refractivity (Wildman–Crippen MR) is 90.5 cm³/mol. The second kappa shape index (κ2) is 6.91. The van der Waals surface area contributed by atoms with Gasteiger partial charge in [-0.1, -0.05) is 33.8 Å². The standard InChI is InChI=1S/C19H32N2/c1-14(2)10-20-12-16-6-7-19(4,5)9-18(16)17-8-15(3)11-21-13-17/h8,11,13-14,16,18,20H,6-7,9-10,12H2,1-5H3. The maximum Gasteiger partial charge on any atom is 0.0303 e. The Morgan fingerprint density at radius 1 is 1.33 bits per heavy atom. The molecule has 2 atom stereocenters. The van der Waals surface area contributed by atoms with E-state index in [1.165, 1.54) is 30.4 Å². The van der Waals surface area contributed by atoms with E-state index in [1.807, 2.05) is 6.20 Å². The molecule has 2 nitrogen and oxygen atoms in total. The third-order valence-corrected chi connectivity index (χ3v) is 4.82. The Balaban J connectivity index is 2.10. The molecule has 1 aliphatic rings. The molecule has 0 saturated heterocycles. The quantitative estimate of drug-likeness (QED) is 0.860. The van der Waals surface area contributed by atoms with Crippen LogP contribution in [-0.2, 0) is 0 Å². The second-order valence-electron chi connectivity index (χ2n) is 8.12. The molecule has 0 radical (unpaired) electrons. The van der Waals surface area contributed by atoms with Crippen LogP contribution in [0.3, 0.4) is 0 Å². The summed E-state index contributed by atoms with van der Waals surface area (Å²) in [7, 11) is 0. The van der Waals surface area contributed by atoms with Crippen LogP contribution in [0.2, 0.25) is 0 Å². The highest BCUT2D eigenvalue weighted by molar-refractivity contribution is 5.22. The summed E-state index contributed by atoms with van der Waals surface area (Å²) in [5, 5.41) is 3.68. The molecule has 1 aromatic rings. The van der Waals surface area contributed by atoms with E-state index in [9.17, 15) is 0 Å². The van der Waals surface area contributed by atoms with Crippen LogP contribution in [-0.4, -0.2) is 18.1 Å². The largest absolute Gasteiger partial charge is 0.316 e. The minimum atomic E-state index is 0.461. The Bertz CT molecular complexity index is 451. The molecule has 1 heterocycles. The summed E-state index contributed by atoms with van der Waals surface area (Å²) in [4.78, 5) is 4.43. The molecule has 0 aromatic carbocycles. The number of aromatic nitrogens is 1. The SMILES string of the molecule is Cc1cncc(C2CC(C)(C)CCC2CNCC(C)C)c1. The van der Waals surface area contributed by atoms with Crippen molar-refractivity contribution < 1.29 is 0 Å². The highest BCUT2D eigenvalue weighted by Gasteiger charge is 2.35. The van der Waals surface area contributed by atoms with Crippen LogP contribution in [0.4, 0.5) is 0 Å². The lowest BCUT2D eigenvalue weighted by atomic mass is 9.65. The maximum absolute atomic E-state index is 4.43. The average Bonchev–Trinajstić information content (AvgIpc) is 2.39. The molecule has 0 spiro atoms. The highest BCUT2D eigenvalue weighted by atomic mass is 14.9. The number of nitrogens with zero attached hydrogens (tertiary/aromatic N) is 1. The second-order valence-corrected chi connectivity index (χ2v) is 8.12. The third-order valence-electron chi connectivity index (χ3n) is 4.82. The predicted octanol–water partition coefficient (Wildman–Crippen LogP) is 4.55. The van der Waals surface area contributed by atoms with E-state index in [1.54, 1.807) is 0 Å². The molecule has 2 heteroatoms. The number of hydrogen-bond acceptors (Lipinski definition) is 2. The Hall–Kier alpha value is -0.890. The lowest BCUT2D eigenvalue weighted by Crippen LogP contribution is -2.36. The van der Waals surface area contributed by atoms with E-state index < -0.39 is 0 Å². The molecule has 21 heavy (non-hydrogen) atoms. The van der Waals surface area contributed by atoms with Gasteiger partial charge < -0.3 is 5.32 Å². The molecule has 118 valence electrons. The summed E-state index contributed by atoms with van der Waals surface area (Å²) in [5.41, 5.74) is 3.19. The Morgan fingerprint density at radius 3 is 2.76 bits per heavy atom. The van der Waals surface area contributed by atoms with Crippen molar-refractivity contribution in [3.05, 3.63) is 29.6 Å². The Kier molecular flexibility index (Phi) is 5.43. The first-order valence-electron chi connectivity index (χ1n) is 8.50. The van der Waals surface area contributed by atoms with E-state index in [0.29, 0.717) is 11.3 Å². The minimum Gasteiger partial charge on any atom is -0.316 e. The van der Waals surface area contributed by atoms with Crippen LogP contribution in [0, 0.1) is 24.2 Å². The first kappa shape index (κ1) is 16.5. The van der Waals surface area contributed by atoms with Crippen molar-refractivity contribution in [3.8, 4) is 0 Å². The molecule has 1 N–H and O–H groups in total. The highest BCUT2D eigenvalue weighted by Crippen LogP contribution is 2.46. The average molecular weight is 288 g/mol. The van der Waals surface area contributed by atoms with Crippen LogP contribution < -0.4 is 5.32 Å². The molecule has 0 amide bonds. The summed E-state index contributed by atoms with van der Waals surface area (Å²) >= 11 is 0. The third kappa shape index (κ3) is 4.81. The Morgan fingerprint density at radius 2 is 2.10 bits per heavy atom. The van der Waals surface area contributed by atoms with Gasteiger partial charge in [0.25, 0.3) is 0 Å². The molecular weight excluding hydrogens is 256 g/mol. The molecule has 1 aromatic heterocycles. The van der Waals surface area contributed by atoms with Crippen LogP contribution in [0.25, 0.3) is 0 Å². The fraction of sp³-hybridized carbons (Fsp3) is 0.737. The van der Waals surface area contributed by atoms with E-state index >= 15 is 0 Å². The monoisotopic (exact) mass is 288 g/mol. The van der Waals surface area contributed by atoms with Crippen molar-refractivity contribution in [2.24, 2.45) is 17.3 Å². The minimum absolute atomic E-state index is 0.461. The zero-order chi connectivity index (χ0) is 15.5. The zero-order valence-electron chi connectivity index (χ0n) is 14.4. The van der Waals surface area contributed by atoms with Gasteiger partial charge in [0.15, 0.2) is 0 Å². The van der Waals surface area contributed by atoms with Crippen molar-refractivity contribution in [1.82, 2.24) is 10.3 Å². The fourth-order valence-corrected chi connectivity index (χ4v) is 3.61. The van der Waals surface area contributed by atoms with Crippen molar-refractivity contribution >= 4 is 0 Å². The molecule has 0 aliphatic heterocycles. The summed E-state index contributed by atoms with van der Waals surface area (Å²) in [6.07, 6.45) is 8.01. The van der Waals surface area contributed by atoms with Gasteiger partial charge in [-0.3, -0.25) is 4.98 Å². The summed E-state index contributed by atoms with van der Waals surface area (Å²) in [5.74, 6) is 2.13. The number of pyridine rings is 1. The number of rotatable bonds is 5. The van der Waals surface area contributed by atoms with Gasteiger partial charge in [0, 0.05) is 12.4 Å². The van der Waals surface area contributed by atoms with Gasteiger partial charge in [0.1, 0.15) is 0 Å². The fourth-order valence-electron chi connectivity index (χ4n) is 3.61. The van der Waals surface area contributed by atoms with Crippen molar-refractivity contribution in [1.29, 1.82) is 0 Å². The van der Waals surface area contributed by atoms with Gasteiger partial charge in [-0.25, -0.2) is 0 Å². The van der Waals surface area contributed by atoms with Crippen LogP contribution in [0.15, 0.2) is 18.5 Å². The smallest absolute Gasteiger partial charge is 0.0303 e. The van der Waals surface area contributed by atoms with Gasteiger partial charge in [-0.15, -0.1) is 0 Å². The first-order valence-corrected chi connectivity index (χ1v) is 8.50. The van der Waals surface area contributed by atoms with Gasteiger partial charge in [0.2, 0.25) is 0 Å². The normalized spacial score (nSPS) is 25.2. The van der Waals surface area contributed by atoms with Crippen LogP contribution in [0.1, 0.15) is 64.0 Å². The Labute approximate surface area is 130 Å². The molecule has 1 saturated carbocycles. The zero-order valence-corrected chi connectivity index (χ0v) is 14.4. The van der Waals surface area contributed by atoms with Crippen molar-refractivity contribution in [2.75, 3.05) is 13.1 Å². The number of hydrogen-bond donors (Lipinski definition) is 1. The molecule has 2 unspecified atom stereocenters. The van der Waals surface area contributed by atoms with E-state index in [4.69, 9.17) is 0 Å². The molecule has 1 aliphatic carbocycles. The van der Waals surface area contributed by atoms with Gasteiger partial charge in [0.05, 0.1) is 0 Å². The van der Waals surface area contributed by atoms with Crippen molar-refractivity contribution in [3.63, 3.8) is 0 Å². The van der Waals surface area contributed by atoms with E-state index in [2.05, 4.69) is 57.2 Å². The summed E-state index contributed by atoms with van der Waals surface area (Å²) in [6.45, 7) is 13.8. The lowest BCUT2D eigenvalue weighted by Gasteiger charge is -2.41. The van der Waals surface area contributed by atoms with Crippen LogP contribution >= 0.6 is 0 Å². The molecule has 1 fully saturated rings. The number of aryl methyl sites for hydroxylation is 1. The van der Waals surface area contributed by atoms with E-state index in [-0.39, 0.29) is 0 Å². The lowest BCUT2D eigenvalue weighted by molar-refractivity contribution is 0.159. The van der Waals surface area contributed by atoms with E-state index in [0.717, 1.165) is 24.9 Å². The van der Waals surface area contributed by atoms with Crippen molar-refractivity contribution in [2.45, 2.75) is 59.8 Å². The number of nitrogens with one attached hydrogen (secondary N) is 1. The maximum atomic E-state index is 4.43. The summed E-state index contributed by atoms with van der Waals surface area (Å²) in [6, 6.07) is 2.34. The molecular formula is C19H32N2.